The molecular formula is C96H115N14O15+3. The summed E-state index contributed by atoms with van der Waals surface area (Å²) in [5, 5.41) is 38.1. The third-order valence-corrected chi connectivity index (χ3v) is 22.9. The van der Waals surface area contributed by atoms with Crippen molar-refractivity contribution in [1.29, 1.82) is 0 Å². The van der Waals surface area contributed by atoms with Gasteiger partial charge in [-0.05, 0) is 182 Å². The number of phenols is 3. The van der Waals surface area contributed by atoms with Crippen LogP contribution in [0.2, 0.25) is 0 Å². The van der Waals surface area contributed by atoms with Crippen molar-refractivity contribution in [3.05, 3.63) is 239 Å². The maximum atomic E-state index is 13.3. The Hall–Kier alpha value is -13.9. The minimum atomic E-state index is -0.928. The van der Waals surface area contributed by atoms with Crippen molar-refractivity contribution in [3.63, 3.8) is 0 Å². The third kappa shape index (κ3) is 22.3. The van der Waals surface area contributed by atoms with Gasteiger partial charge in [0.15, 0.2) is 18.1 Å². The van der Waals surface area contributed by atoms with Gasteiger partial charge >= 0.3 is 23.9 Å². The van der Waals surface area contributed by atoms with Crippen molar-refractivity contribution in [2.24, 2.45) is 51.5 Å². The Labute approximate surface area is 723 Å². The van der Waals surface area contributed by atoms with Gasteiger partial charge in [-0.1, -0.05) is 74.6 Å². The zero-order valence-electron chi connectivity index (χ0n) is 72.9. The summed E-state index contributed by atoms with van der Waals surface area (Å²) >= 11 is 0. The van der Waals surface area contributed by atoms with Crippen LogP contribution in [0.3, 0.4) is 0 Å². The Kier molecular flexibility index (Phi) is 30.4. The lowest BCUT2D eigenvalue weighted by molar-refractivity contribution is -0.407. The molecule has 656 valence electrons. The highest BCUT2D eigenvalue weighted by molar-refractivity contribution is 6.01. The molecule has 19 N–H and O–H groups in total. The van der Waals surface area contributed by atoms with Gasteiger partial charge in [-0.15, -0.1) is 0 Å². The number of carbonyl (C=O) groups is 7. The lowest BCUT2D eigenvalue weighted by atomic mass is 9.95. The number of primary amides is 2. The van der Waals surface area contributed by atoms with E-state index in [9.17, 15) is 48.9 Å². The number of para-hydroxylation sites is 1. The zero-order chi connectivity index (χ0) is 90.2. The quantitative estimate of drug-likeness (QED) is 0.0222. The minimum absolute atomic E-state index is 0.110. The van der Waals surface area contributed by atoms with E-state index in [0.29, 0.717) is 49.2 Å². The summed E-state index contributed by atoms with van der Waals surface area (Å²) in [4.78, 5) is 93.6. The normalized spacial score (nSPS) is 13.4. The molecule has 1 fully saturated rings. The lowest BCUT2D eigenvalue weighted by Crippen LogP contribution is -2.67. The number of esters is 4. The topological polar surface area (TPSA) is 446 Å². The monoisotopic (exact) mass is 1700 g/mol. The smallest absolute Gasteiger partial charge is 0.364 e. The number of quaternary nitrogens is 3. The van der Waals surface area contributed by atoms with Crippen molar-refractivity contribution in [1.82, 2.24) is 43.1 Å². The second-order valence-corrected chi connectivity index (χ2v) is 32.3. The number of aryl methyl sites for hydroxylation is 6. The number of nitrogens with one attached hydrogen (secondary N) is 3. The van der Waals surface area contributed by atoms with Gasteiger partial charge in [-0.3, -0.25) is 24.0 Å². The molecule has 29 nitrogen and oxygen atoms in total. The van der Waals surface area contributed by atoms with Crippen molar-refractivity contribution in [3.8, 4) is 28.6 Å². The lowest BCUT2D eigenvalue weighted by Gasteiger charge is -2.25. The van der Waals surface area contributed by atoms with E-state index < -0.39 is 35.8 Å². The maximum absolute atomic E-state index is 13.3. The number of phenolic OH excluding ortho intramolecular Hbond substituents is 3. The predicted molar refractivity (Wildman–Crippen MR) is 481 cm³/mol. The van der Waals surface area contributed by atoms with Gasteiger partial charge in [-0.25, -0.2) is 14.6 Å². The first-order valence-electron chi connectivity index (χ1n) is 41.5. The van der Waals surface area contributed by atoms with Crippen LogP contribution >= 0.6 is 0 Å². The number of aromatic amines is 2. The van der Waals surface area contributed by atoms with E-state index in [0.717, 1.165) is 101 Å². The molecule has 125 heavy (non-hydrogen) atoms. The van der Waals surface area contributed by atoms with Gasteiger partial charge in [0.2, 0.25) is 5.91 Å². The number of benzene rings is 7. The molecule has 1 saturated carbocycles. The largest absolute Gasteiger partial charge is 0.508 e. The van der Waals surface area contributed by atoms with Crippen LogP contribution in [0.5, 0.6) is 17.2 Å². The van der Waals surface area contributed by atoms with Crippen molar-refractivity contribution in [2.75, 3.05) is 28.4 Å². The second kappa shape index (κ2) is 41.3. The van der Waals surface area contributed by atoms with Crippen LogP contribution in [-0.2, 0) is 114 Å². The van der Waals surface area contributed by atoms with Crippen molar-refractivity contribution < 1.29 is 89.4 Å². The number of rotatable bonds is 22. The number of carbonyl (C=O) groups excluding carboxylic acids is 7. The standard InChI is InChI=1S/C30H31N5O4.C15H19NO2.C14H17NO2.C13H16N2O3.C12H15N3O2.C12H14N2O2/c1-34-16-20(23-15-22(36)8-10-26(23)34)14-25(28(31)37)33-30(38)18-7-9-27-24(13-18)32-29(19-11-12-39-17-19)35(27)21-5-3-2-4-6-21;1-10-5-6-14-13(7-10)12(9-16(14)3)8-11(2)15(17)18-4;1-9-4-5-13-12(6-9)11(8-15-13)7-10(2)14(16)17-3;1-15-7-8(5-11(14)13(17)18-2)10-6-9(16)3-4-12(10)15;1-15-6-7(4-10(13)12(14)17)9-5-8(16)2-3-11(9)15;1-16-12(15)10(13)6-8-7-14-11-5-3-2-4-9(8)11/h7-13,15-17,21,25,36H,2-6,14H2,1H3,(H2,31,37)(H,33,38);5-7,9,11H,8H2,1-4H3;4-6,8,10,15H,7H2,1-3H3;3-4,6-7,11,16H,5,14H2,1-2H3;2-3,5-6,10,16H,4,13H2,1H3,(H2,14,17);2-5,7,10,14H,6,13H2,1H3/p+3/t25-;11-;10-;11-;2*10-/m000000/s1. The molecule has 29 heteroatoms. The fourth-order valence-electron chi connectivity index (χ4n) is 16.2. The van der Waals surface area contributed by atoms with E-state index in [1.165, 1.54) is 86.2 Å². The average molecular weight is 1710 g/mol. The minimum Gasteiger partial charge on any atom is -0.508 e. The number of nitrogens with two attached hydrogens (primary N) is 2. The molecule has 0 aliphatic heterocycles. The fraction of sp³-hybridized carbons (Fsp3) is 0.312. The first kappa shape index (κ1) is 91.8. The van der Waals surface area contributed by atoms with Gasteiger partial charge in [0, 0.05) is 168 Å². The van der Waals surface area contributed by atoms with Crippen molar-refractivity contribution >= 4 is 118 Å². The molecule has 3 amide bonds. The van der Waals surface area contributed by atoms with E-state index >= 15 is 0 Å². The summed E-state index contributed by atoms with van der Waals surface area (Å²) < 4.78 is 34.4. The number of nitrogens with zero attached hydrogens (tertiary/aromatic N) is 6. The molecule has 7 aromatic carbocycles. The van der Waals surface area contributed by atoms with Gasteiger partial charge < -0.3 is 105 Å². The predicted octanol–water partition coefficient (Wildman–Crippen LogP) is 10.7. The van der Waals surface area contributed by atoms with E-state index in [4.69, 9.17) is 30.3 Å². The zero-order valence-corrected chi connectivity index (χ0v) is 72.9. The van der Waals surface area contributed by atoms with Gasteiger partial charge in [0.05, 0.1) is 63.1 Å². The molecule has 16 rings (SSSR count). The SMILES string of the molecule is COC(=O)[C@@H](C)Cc1c[nH]c2ccc(C)cc12.COC(=O)[C@@H](C)Cc1cn(C)c2ccc(C)cc12.COC(=O)[C@@H]([NH3+])Cc1c[nH]c2ccccc12.COC(=O)[C@@H]([NH3+])Cc1cn(C)c2ccc(O)cc12.Cn1cc(C[C@H](NC(=O)c2ccc3c(c2)nc(-c2ccoc2)n3C2CCCCC2)C(N)=O)c2cc(O)ccc21.Cn1cc(C[C@H]([NH3+])C(N)=O)c2cc(O)ccc21. The summed E-state index contributed by atoms with van der Waals surface area (Å²) in [6, 6.07) is 41.7. The molecule has 6 atom stereocenters. The Bertz CT molecular complexity index is 6240. The van der Waals surface area contributed by atoms with Gasteiger partial charge in [0.25, 0.3) is 11.8 Å². The van der Waals surface area contributed by atoms with Crippen LogP contribution in [0.25, 0.3) is 87.8 Å². The molecule has 8 heterocycles. The number of aromatic hydroxyl groups is 3. The molecule has 0 bridgehead atoms. The Morgan fingerprint density at radius 3 is 1.39 bits per heavy atom. The highest BCUT2D eigenvalue weighted by Gasteiger charge is 2.29. The Morgan fingerprint density at radius 2 is 0.904 bits per heavy atom. The van der Waals surface area contributed by atoms with Gasteiger partial charge in [-0.2, -0.15) is 0 Å². The summed E-state index contributed by atoms with van der Waals surface area (Å²) in [6.45, 7) is 7.95. The van der Waals surface area contributed by atoms with Crippen LogP contribution in [0.15, 0.2) is 194 Å². The average Bonchev–Trinajstić information content (AvgIpc) is 1.61. The molecular weight excluding hydrogens is 1590 g/mol. The number of methoxy groups -OCH3 is 4. The molecule has 0 radical (unpaired) electrons. The van der Waals surface area contributed by atoms with Gasteiger partial charge in [0.1, 0.15) is 35.4 Å². The molecule has 0 unspecified atom stereocenters. The summed E-state index contributed by atoms with van der Waals surface area (Å²) in [5.41, 5.74) is 40.2. The highest BCUT2D eigenvalue weighted by Crippen LogP contribution is 2.38. The van der Waals surface area contributed by atoms with Crippen LogP contribution in [0.4, 0.5) is 0 Å². The number of H-pyrrole nitrogens is 2. The van der Waals surface area contributed by atoms with Crippen LogP contribution < -0.4 is 34.0 Å². The number of aromatic nitrogens is 8. The van der Waals surface area contributed by atoms with E-state index in [-0.39, 0.29) is 65.4 Å². The Morgan fingerprint density at radius 1 is 0.480 bits per heavy atom. The highest BCUT2D eigenvalue weighted by atomic mass is 16.5. The van der Waals surface area contributed by atoms with Crippen LogP contribution in [0.1, 0.15) is 107 Å². The molecule has 1 aliphatic rings. The van der Waals surface area contributed by atoms with E-state index in [1.807, 2.05) is 141 Å². The number of furan rings is 1. The maximum Gasteiger partial charge on any atom is 0.364 e. The number of amides is 3. The molecule has 0 saturated heterocycles. The number of ether oxygens (including phenoxy) is 4. The molecule has 8 aromatic heterocycles. The Balaban J connectivity index is 0.000000153. The van der Waals surface area contributed by atoms with Crippen LogP contribution in [-0.4, -0.2) is 147 Å². The van der Waals surface area contributed by atoms with E-state index in [2.05, 4.69) is 108 Å². The first-order valence-corrected chi connectivity index (χ1v) is 41.5. The molecule has 1 aliphatic carbocycles. The first-order chi connectivity index (χ1) is 59.8. The number of imidazole rings is 1. The number of hydrogen-bond donors (Lipinski definition) is 11. The summed E-state index contributed by atoms with van der Waals surface area (Å²) in [6.07, 6.45) is 24.1. The summed E-state index contributed by atoms with van der Waals surface area (Å²) in [7, 11) is 13.4. The number of fused-ring (bicyclic) bond motifs is 7. The van der Waals surface area contributed by atoms with Crippen molar-refractivity contribution in [2.45, 2.75) is 129 Å². The fourth-order valence-corrected chi connectivity index (χ4v) is 16.2. The third-order valence-electron chi connectivity index (χ3n) is 22.9. The van der Waals surface area contributed by atoms with E-state index in [1.54, 1.807) is 61.1 Å². The summed E-state index contributed by atoms with van der Waals surface area (Å²) in [5.74, 6) is -1.20. The molecule has 0 spiro atoms. The van der Waals surface area contributed by atoms with Crippen LogP contribution in [0, 0.1) is 25.7 Å². The number of hydrogen-bond acceptors (Lipinski definition) is 16. The molecule has 15 aromatic rings. The second-order valence-electron chi connectivity index (χ2n) is 32.3.